The van der Waals surface area contributed by atoms with Crippen molar-refractivity contribution in [2.75, 3.05) is 5.32 Å². The average Bonchev–Trinajstić information content (AvgIpc) is 3.40. The van der Waals surface area contributed by atoms with E-state index in [2.05, 4.69) is 37.8 Å². The Hall–Kier alpha value is -3.65. The third kappa shape index (κ3) is 4.73. The van der Waals surface area contributed by atoms with E-state index in [1.807, 2.05) is 51.1 Å². The van der Waals surface area contributed by atoms with Crippen molar-refractivity contribution < 1.29 is 18.4 Å². The monoisotopic (exact) mass is 547 g/mol. The molecule has 1 aliphatic carbocycles. The third-order valence-electron chi connectivity index (χ3n) is 6.39. The van der Waals surface area contributed by atoms with Crippen molar-refractivity contribution in [2.24, 2.45) is 5.10 Å². The van der Waals surface area contributed by atoms with Gasteiger partial charge in [0.15, 0.2) is 5.76 Å². The number of benzene rings is 2. The summed E-state index contributed by atoms with van der Waals surface area (Å²) in [6, 6.07) is 11.4. The summed E-state index contributed by atoms with van der Waals surface area (Å²) in [6.45, 7) is 5.88. The van der Waals surface area contributed by atoms with Crippen LogP contribution in [0.1, 0.15) is 57.0 Å². The summed E-state index contributed by atoms with van der Waals surface area (Å²) in [5.74, 6) is 0.440. The van der Waals surface area contributed by atoms with Gasteiger partial charge in [-0.15, -0.1) is 0 Å². The molecule has 1 aliphatic rings. The molecule has 0 saturated carbocycles. The summed E-state index contributed by atoms with van der Waals surface area (Å²) in [6.07, 6.45) is 4.03. The lowest BCUT2D eigenvalue weighted by molar-refractivity contribution is -0.120. The number of hydrogen-bond acceptors (Lipinski definition) is 5. The Morgan fingerprint density at radius 3 is 2.64 bits per heavy atom. The highest BCUT2D eigenvalue weighted by atomic mass is 79.9. The molecule has 0 radical (unpaired) electrons. The second-order valence-corrected chi connectivity index (χ2v) is 10.1. The second kappa shape index (κ2) is 9.78. The van der Waals surface area contributed by atoms with Gasteiger partial charge in [0, 0.05) is 38.7 Å². The van der Waals surface area contributed by atoms with Gasteiger partial charge in [-0.3, -0.25) is 9.59 Å². The van der Waals surface area contributed by atoms with Crippen LogP contribution in [0.4, 0.5) is 5.69 Å². The summed E-state index contributed by atoms with van der Waals surface area (Å²) >= 11 is 3.39. The van der Waals surface area contributed by atoms with E-state index in [4.69, 9.17) is 8.83 Å². The van der Waals surface area contributed by atoms with E-state index in [1.54, 1.807) is 6.26 Å². The normalized spacial score (nSPS) is 14.2. The Balaban J connectivity index is 1.33. The van der Waals surface area contributed by atoms with Crippen LogP contribution in [0.2, 0.25) is 0 Å². The van der Waals surface area contributed by atoms with Crippen molar-refractivity contribution in [2.45, 2.75) is 46.5 Å². The lowest BCUT2D eigenvalue weighted by Crippen LogP contribution is -2.23. The molecule has 0 bridgehead atoms. The van der Waals surface area contributed by atoms with Crippen molar-refractivity contribution in [3.63, 3.8) is 0 Å². The molecule has 0 atom stereocenters. The van der Waals surface area contributed by atoms with Gasteiger partial charge < -0.3 is 14.2 Å². The van der Waals surface area contributed by atoms with E-state index in [0.717, 1.165) is 61.2 Å². The Morgan fingerprint density at radius 2 is 1.86 bits per heavy atom. The number of carbonyl (C=O) groups is 2. The van der Waals surface area contributed by atoms with Crippen LogP contribution in [0, 0.1) is 20.8 Å². The molecule has 36 heavy (non-hydrogen) atoms. The average molecular weight is 548 g/mol. The number of aryl methyl sites for hydroxylation is 3. The minimum atomic E-state index is -0.315. The highest BCUT2D eigenvalue weighted by Crippen LogP contribution is 2.31. The summed E-state index contributed by atoms with van der Waals surface area (Å²) in [5, 5.41) is 8.28. The smallest absolute Gasteiger partial charge is 0.291 e. The van der Waals surface area contributed by atoms with E-state index in [9.17, 15) is 9.59 Å². The van der Waals surface area contributed by atoms with Crippen molar-refractivity contribution >= 4 is 50.1 Å². The lowest BCUT2D eigenvalue weighted by Gasteiger charge is -2.13. The van der Waals surface area contributed by atoms with E-state index in [1.165, 1.54) is 0 Å². The molecular weight excluding hydrogens is 522 g/mol. The first-order valence-electron chi connectivity index (χ1n) is 11.8. The first-order valence-corrected chi connectivity index (χ1v) is 12.6. The van der Waals surface area contributed by atoms with Gasteiger partial charge in [-0.2, -0.15) is 5.10 Å². The fraction of sp³-hybridized carbons (Fsp3) is 0.250. The summed E-state index contributed by atoms with van der Waals surface area (Å²) in [7, 11) is 0. The molecule has 2 heterocycles. The Labute approximate surface area is 217 Å². The molecule has 2 aromatic heterocycles. The molecule has 184 valence electrons. The largest absolute Gasteiger partial charge is 0.464 e. The van der Waals surface area contributed by atoms with E-state index in [-0.39, 0.29) is 24.0 Å². The van der Waals surface area contributed by atoms with Crippen LogP contribution in [-0.2, 0) is 17.6 Å². The van der Waals surface area contributed by atoms with Crippen LogP contribution in [0.25, 0.3) is 11.0 Å². The number of fused-ring (bicyclic) bond motifs is 2. The number of rotatable bonds is 5. The molecule has 0 saturated heterocycles. The molecule has 2 amide bonds. The maximum atomic E-state index is 12.9. The Morgan fingerprint density at radius 1 is 1.08 bits per heavy atom. The zero-order chi connectivity index (χ0) is 25.4. The lowest BCUT2D eigenvalue weighted by atomic mass is 9.93. The molecule has 0 aliphatic heterocycles. The number of nitrogens with zero attached hydrogens (tertiary/aromatic N) is 1. The van der Waals surface area contributed by atoms with Crippen LogP contribution in [0.5, 0.6) is 0 Å². The molecule has 2 aromatic carbocycles. The van der Waals surface area contributed by atoms with Crippen molar-refractivity contribution in [3.05, 3.63) is 86.5 Å². The molecule has 5 rings (SSSR count). The second-order valence-electron chi connectivity index (χ2n) is 9.16. The van der Waals surface area contributed by atoms with Crippen LogP contribution >= 0.6 is 15.9 Å². The summed E-state index contributed by atoms with van der Waals surface area (Å²) < 4.78 is 12.6. The fourth-order valence-corrected chi connectivity index (χ4v) is 5.08. The van der Waals surface area contributed by atoms with Crippen LogP contribution in [-0.4, -0.2) is 17.5 Å². The van der Waals surface area contributed by atoms with E-state index < -0.39 is 0 Å². The molecule has 0 unspecified atom stereocenters. The van der Waals surface area contributed by atoms with Gasteiger partial charge in [0.2, 0.25) is 5.91 Å². The minimum Gasteiger partial charge on any atom is -0.464 e. The number of carbonyl (C=O) groups excluding carboxylic acids is 2. The fourth-order valence-electron chi connectivity index (χ4n) is 4.82. The number of hydrazone groups is 1. The molecule has 7 nitrogen and oxygen atoms in total. The first-order chi connectivity index (χ1) is 17.3. The maximum Gasteiger partial charge on any atom is 0.291 e. The molecular formula is C28H26BrN3O4. The molecule has 8 heteroatoms. The van der Waals surface area contributed by atoms with Crippen molar-refractivity contribution in [3.8, 4) is 0 Å². The number of halogens is 1. The Bertz CT molecular complexity index is 1510. The number of anilines is 1. The SMILES string of the molecule is Cc1cc(C)c2c(CC(=O)N/N=C3\CCCc4oc(C(=O)Nc5ccc(Br)cc5)c(C)c43)coc2c1. The van der Waals surface area contributed by atoms with Gasteiger partial charge in [-0.05, 0) is 75.1 Å². The van der Waals surface area contributed by atoms with Gasteiger partial charge in [0.05, 0.1) is 18.4 Å². The number of furan rings is 2. The zero-order valence-corrected chi connectivity index (χ0v) is 21.9. The van der Waals surface area contributed by atoms with Gasteiger partial charge in [-0.1, -0.05) is 22.0 Å². The number of amides is 2. The van der Waals surface area contributed by atoms with Gasteiger partial charge in [-0.25, -0.2) is 5.43 Å². The maximum absolute atomic E-state index is 12.9. The number of hydrogen-bond donors (Lipinski definition) is 2. The van der Waals surface area contributed by atoms with E-state index >= 15 is 0 Å². The van der Waals surface area contributed by atoms with Gasteiger partial charge in [0.25, 0.3) is 5.91 Å². The van der Waals surface area contributed by atoms with Crippen molar-refractivity contribution in [1.29, 1.82) is 0 Å². The molecule has 2 N–H and O–H groups in total. The predicted molar refractivity (Wildman–Crippen MR) is 143 cm³/mol. The highest BCUT2D eigenvalue weighted by molar-refractivity contribution is 9.10. The quantitative estimate of drug-likeness (QED) is 0.284. The number of nitrogens with one attached hydrogen (secondary N) is 2. The Kier molecular flexibility index (Phi) is 6.53. The topological polar surface area (TPSA) is 96.8 Å². The van der Waals surface area contributed by atoms with Crippen LogP contribution < -0.4 is 10.7 Å². The van der Waals surface area contributed by atoms with Crippen LogP contribution in [0.15, 0.2) is 61.1 Å². The minimum absolute atomic E-state index is 0.158. The van der Waals surface area contributed by atoms with Crippen LogP contribution in [0.3, 0.4) is 0 Å². The summed E-state index contributed by atoms with van der Waals surface area (Å²) in [5.41, 5.74) is 9.43. The summed E-state index contributed by atoms with van der Waals surface area (Å²) in [4.78, 5) is 25.7. The molecule has 4 aromatic rings. The predicted octanol–water partition coefficient (Wildman–Crippen LogP) is 6.37. The van der Waals surface area contributed by atoms with E-state index in [0.29, 0.717) is 18.5 Å². The van der Waals surface area contributed by atoms with Gasteiger partial charge in [0.1, 0.15) is 11.3 Å². The van der Waals surface area contributed by atoms with Gasteiger partial charge >= 0.3 is 0 Å². The highest BCUT2D eigenvalue weighted by Gasteiger charge is 2.28. The third-order valence-corrected chi connectivity index (χ3v) is 6.92. The zero-order valence-electron chi connectivity index (χ0n) is 20.3. The molecule has 0 fully saturated rings. The van der Waals surface area contributed by atoms with Crippen molar-refractivity contribution in [1.82, 2.24) is 5.43 Å². The first kappa shape index (κ1) is 24.1. The standard InChI is InChI=1S/C28H26BrN3O4/c1-15-11-16(2)25-18(14-35-23(25)12-15)13-24(33)32-31-21-5-4-6-22-26(21)17(3)27(36-22)28(34)30-20-9-7-19(29)8-10-20/h7-12,14H,4-6,13H2,1-3H3,(H,30,34)(H,32,33)/b31-21+. The molecule has 0 spiro atoms.